The van der Waals surface area contributed by atoms with E-state index in [4.69, 9.17) is 4.74 Å². The predicted molar refractivity (Wildman–Crippen MR) is 150 cm³/mol. The number of carbonyl (C=O) groups is 2. The van der Waals surface area contributed by atoms with Crippen LogP contribution >= 0.6 is 11.8 Å². The van der Waals surface area contributed by atoms with Gasteiger partial charge in [-0.1, -0.05) is 30.3 Å². The molecule has 5 rings (SSSR count). The zero-order chi connectivity index (χ0) is 31.5. The van der Waals surface area contributed by atoms with Gasteiger partial charge in [0.25, 0.3) is 5.91 Å². The number of thioether (sulfide) groups is 1. The molecule has 14 heteroatoms. The molecule has 230 valence electrons. The number of alkyl halides is 3. The molecule has 1 aromatic heterocycles. The molecular weight excluding hydrogens is 594 g/mol. The number of pyridine rings is 1. The molecule has 1 unspecified atom stereocenters. The van der Waals surface area contributed by atoms with Crippen molar-refractivity contribution in [2.45, 2.75) is 56.3 Å². The highest BCUT2D eigenvalue weighted by Gasteiger charge is 2.45. The Morgan fingerprint density at radius 1 is 1.07 bits per heavy atom. The number of hydrogen-bond donors (Lipinski definition) is 1. The zero-order valence-corrected chi connectivity index (χ0v) is 24.5. The summed E-state index contributed by atoms with van der Waals surface area (Å²) in [7, 11) is 1.05. The van der Waals surface area contributed by atoms with Crippen molar-refractivity contribution in [2.24, 2.45) is 0 Å². The third kappa shape index (κ3) is 7.07. The van der Waals surface area contributed by atoms with Gasteiger partial charge in [0.05, 0.1) is 7.11 Å². The number of nitrogens with one attached hydrogen (secondary N) is 1. The lowest BCUT2D eigenvalue weighted by Crippen LogP contribution is -2.54. The molecule has 2 aliphatic heterocycles. The summed E-state index contributed by atoms with van der Waals surface area (Å²) in [6.45, 7) is 3.76. The number of aromatic nitrogens is 1. The lowest BCUT2D eigenvalue weighted by molar-refractivity contribution is -0.172. The van der Waals surface area contributed by atoms with Crippen molar-refractivity contribution < 1.29 is 41.4 Å². The predicted octanol–water partition coefficient (Wildman–Crippen LogP) is 5.59. The maximum Gasteiger partial charge on any atom is 0.511 e. The van der Waals surface area contributed by atoms with E-state index in [0.29, 0.717) is 4.90 Å². The van der Waals surface area contributed by atoms with Gasteiger partial charge >= 0.3 is 12.3 Å². The second-order valence-corrected chi connectivity index (χ2v) is 10.7. The van der Waals surface area contributed by atoms with Crippen LogP contribution in [0.15, 0.2) is 58.4 Å². The van der Waals surface area contributed by atoms with E-state index in [-0.39, 0.29) is 5.82 Å². The Labute approximate surface area is 248 Å². The van der Waals surface area contributed by atoms with E-state index in [1.807, 2.05) is 6.07 Å². The summed E-state index contributed by atoms with van der Waals surface area (Å²) in [4.78, 5) is 37.5. The van der Waals surface area contributed by atoms with Crippen LogP contribution in [0.1, 0.15) is 46.6 Å². The van der Waals surface area contributed by atoms with Gasteiger partial charge in [-0.25, -0.2) is 9.18 Å². The minimum atomic E-state index is -4.66. The number of methoxy groups -OCH3 is 1. The van der Waals surface area contributed by atoms with Gasteiger partial charge in [-0.15, -0.1) is 11.8 Å². The number of hydrogen-bond acceptors (Lipinski definition) is 8. The van der Waals surface area contributed by atoms with E-state index in [1.54, 1.807) is 23.9 Å². The molecule has 0 saturated carbocycles. The summed E-state index contributed by atoms with van der Waals surface area (Å²) in [5, 5.41) is 0. The summed E-state index contributed by atoms with van der Waals surface area (Å²) in [5.74, 6) is -0.952. The highest BCUT2D eigenvalue weighted by Crippen LogP contribution is 2.36. The molecule has 2 aliphatic rings. The number of nitrogens with zero attached hydrogens (tertiary/aromatic N) is 2. The monoisotopic (exact) mass is 623 g/mol. The topological polar surface area (TPSA) is 99.1 Å². The molecule has 0 bridgehead atoms. The fraction of sp³-hybridized carbons (Fsp3) is 0.345. The Bertz CT molecular complexity index is 1530. The highest BCUT2D eigenvalue weighted by atomic mass is 32.2. The van der Waals surface area contributed by atoms with Crippen molar-refractivity contribution in [3.8, 4) is 5.75 Å². The fourth-order valence-electron chi connectivity index (χ4n) is 4.53. The first kappa shape index (κ1) is 31.7. The first-order chi connectivity index (χ1) is 20.3. The normalized spacial score (nSPS) is 15.3. The van der Waals surface area contributed by atoms with Gasteiger partial charge in [-0.05, 0) is 43.0 Å². The van der Waals surface area contributed by atoms with Gasteiger partial charge in [0.15, 0.2) is 5.69 Å². The number of halogens is 4. The van der Waals surface area contributed by atoms with Crippen LogP contribution in [0.5, 0.6) is 5.75 Å². The highest BCUT2D eigenvalue weighted by molar-refractivity contribution is 7.98. The molecule has 43 heavy (non-hydrogen) atoms. The minimum absolute atomic E-state index is 0.0690. The second kappa shape index (κ2) is 13.0. The Morgan fingerprint density at radius 2 is 1.77 bits per heavy atom. The molecular formula is C29H29F4N3O6S. The van der Waals surface area contributed by atoms with E-state index in [9.17, 15) is 31.9 Å². The molecule has 2 atom stereocenters. The quantitative estimate of drug-likeness (QED) is 0.228. The van der Waals surface area contributed by atoms with Crippen molar-refractivity contribution >= 4 is 23.8 Å². The van der Waals surface area contributed by atoms with Crippen LogP contribution in [-0.4, -0.2) is 53.9 Å². The van der Waals surface area contributed by atoms with E-state index >= 15 is 0 Å². The number of aryl methyl sites for hydroxylation is 1. The maximum atomic E-state index is 13.8. The second-order valence-electron chi connectivity index (χ2n) is 9.70. The van der Waals surface area contributed by atoms with Crippen molar-refractivity contribution in [1.29, 1.82) is 0 Å². The Kier molecular flexibility index (Phi) is 9.58. The largest absolute Gasteiger partial charge is 0.511 e. The Balaban J connectivity index is 0.000000213. The number of fused-ring (bicyclic) bond motifs is 3. The molecule has 0 spiro atoms. The van der Waals surface area contributed by atoms with Crippen LogP contribution in [0.4, 0.5) is 22.4 Å². The van der Waals surface area contributed by atoms with Gasteiger partial charge in [0.1, 0.15) is 18.5 Å². The van der Waals surface area contributed by atoms with Crippen molar-refractivity contribution in [1.82, 2.24) is 9.58 Å². The summed E-state index contributed by atoms with van der Waals surface area (Å²) in [6, 6.07) is 10.7. The van der Waals surface area contributed by atoms with Gasteiger partial charge < -0.3 is 24.5 Å². The molecule has 3 heterocycles. The third-order valence-corrected chi connectivity index (χ3v) is 8.14. The molecule has 2 aromatic carbocycles. The Hall–Kier alpha value is -4.20. The van der Waals surface area contributed by atoms with Crippen LogP contribution in [0.2, 0.25) is 0 Å². The average molecular weight is 624 g/mol. The molecule has 3 aromatic rings. The zero-order valence-electron chi connectivity index (χ0n) is 23.7. The molecule has 1 N–H and O–H groups in total. The van der Waals surface area contributed by atoms with E-state index in [0.717, 1.165) is 48.1 Å². The number of carbonyl (C=O) groups excluding carboxylic acids is 2. The summed E-state index contributed by atoms with van der Waals surface area (Å²) >= 11 is 1.75. The minimum Gasteiger partial charge on any atom is -0.448 e. The molecule has 9 nitrogen and oxygen atoms in total. The average Bonchev–Trinajstić information content (AvgIpc) is 3.15. The van der Waals surface area contributed by atoms with Gasteiger partial charge in [0.2, 0.25) is 17.5 Å². The van der Waals surface area contributed by atoms with Crippen LogP contribution in [-0.2, 0) is 21.6 Å². The number of rotatable bonds is 4. The first-order valence-electron chi connectivity index (χ1n) is 13.1. The first-order valence-corrected chi connectivity index (χ1v) is 14.1. The third-order valence-electron chi connectivity index (χ3n) is 6.83. The van der Waals surface area contributed by atoms with Crippen molar-refractivity contribution in [2.75, 3.05) is 19.2 Å². The fourth-order valence-corrected chi connectivity index (χ4v) is 5.76. The van der Waals surface area contributed by atoms with Gasteiger partial charge in [-0.3, -0.25) is 14.3 Å². The van der Waals surface area contributed by atoms with Crippen molar-refractivity contribution in [3.05, 3.63) is 92.6 Å². The Morgan fingerprint density at radius 3 is 2.47 bits per heavy atom. The van der Waals surface area contributed by atoms with E-state index in [1.165, 1.54) is 29.1 Å². The number of ether oxygens (including phenoxy) is 3. The van der Waals surface area contributed by atoms with Crippen LogP contribution in [0.3, 0.4) is 0 Å². The van der Waals surface area contributed by atoms with Gasteiger partial charge in [0, 0.05) is 35.4 Å². The van der Waals surface area contributed by atoms with Gasteiger partial charge in [-0.2, -0.15) is 13.2 Å². The number of amides is 1. The van der Waals surface area contributed by atoms with E-state index in [2.05, 4.69) is 40.0 Å². The lowest BCUT2D eigenvalue weighted by Gasteiger charge is -2.36. The van der Waals surface area contributed by atoms with Crippen LogP contribution < -0.4 is 15.6 Å². The maximum absolute atomic E-state index is 13.8. The smallest absolute Gasteiger partial charge is 0.448 e. The van der Waals surface area contributed by atoms with Crippen molar-refractivity contribution in [3.63, 3.8) is 0 Å². The summed E-state index contributed by atoms with van der Waals surface area (Å²) in [6.07, 6.45) is -5.05. The summed E-state index contributed by atoms with van der Waals surface area (Å²) < 4.78 is 67.8. The standard InChI is InChI=1S/C15H13FS.C14H16F3N3O6/c1-10-4-2-6-12-8-11-5-3-7-14(16)13(11)9-17-15(10)12;1-7(14(15,16)17)19-6-18-20-5-4-9(21)11(10(20)12(19)22)25-8(2)26-13(23)24-3/h2-7H,8-9H2,1H3;4-5,7-8,18H,6H2,1-3H3/t;7-,8?/m.1/s1. The summed E-state index contributed by atoms with van der Waals surface area (Å²) in [5.41, 5.74) is 5.95. The van der Waals surface area contributed by atoms with E-state index < -0.39 is 54.1 Å². The molecule has 0 radical (unpaired) electrons. The molecule has 0 aliphatic carbocycles. The molecule has 1 amide bonds. The number of benzene rings is 2. The molecule has 0 fully saturated rings. The lowest BCUT2D eigenvalue weighted by atomic mass is 9.99. The SMILES string of the molecule is COC(=O)OC(C)Oc1c2n(ccc1=O)NCN([C@H](C)C(F)(F)F)C2=O.Cc1cccc2c1SCc1c(F)cccc1C2. The molecule has 0 saturated heterocycles. The van der Waals surface area contributed by atoms with Crippen LogP contribution in [0, 0.1) is 12.7 Å². The van der Waals surface area contributed by atoms with Crippen LogP contribution in [0.25, 0.3) is 0 Å².